The van der Waals surface area contributed by atoms with Crippen LogP contribution < -0.4 is 0 Å². The first kappa shape index (κ1) is 11.1. The van der Waals surface area contributed by atoms with Crippen LogP contribution in [0, 0.1) is 5.41 Å². The number of hydrogen-bond donors (Lipinski definition) is 1. The molecule has 1 N–H and O–H groups in total. The van der Waals surface area contributed by atoms with Crippen molar-refractivity contribution in [3.63, 3.8) is 0 Å². The molecular formula is C13H17NO2. The van der Waals surface area contributed by atoms with Crippen LogP contribution in [0.2, 0.25) is 0 Å². The number of rotatable bonds is 2. The van der Waals surface area contributed by atoms with Crippen LogP contribution in [0.5, 0.6) is 0 Å². The predicted molar refractivity (Wildman–Crippen MR) is 61.3 cm³/mol. The van der Waals surface area contributed by atoms with Crippen molar-refractivity contribution >= 4 is 5.97 Å². The second-order valence-corrected chi connectivity index (χ2v) is 5.02. The highest BCUT2D eigenvalue weighted by Crippen LogP contribution is 2.42. The standard InChI is InChI=1S/C13H17NO2/c1-13(2,12(15)16)10-7-3-5-9-6-4-8-14-11(9)10/h4,6,8,10H,3,5,7H2,1-2H3,(H,15,16). The molecule has 0 spiro atoms. The molecule has 0 saturated carbocycles. The van der Waals surface area contributed by atoms with E-state index in [1.807, 2.05) is 6.07 Å². The summed E-state index contributed by atoms with van der Waals surface area (Å²) in [6.45, 7) is 3.59. The van der Waals surface area contributed by atoms with Gasteiger partial charge < -0.3 is 5.11 Å². The van der Waals surface area contributed by atoms with Crippen LogP contribution in [0.3, 0.4) is 0 Å². The topological polar surface area (TPSA) is 50.2 Å². The van der Waals surface area contributed by atoms with Crippen molar-refractivity contribution in [1.29, 1.82) is 0 Å². The average Bonchev–Trinajstić information content (AvgIpc) is 2.28. The maximum Gasteiger partial charge on any atom is 0.309 e. The lowest BCUT2D eigenvalue weighted by atomic mass is 9.70. The number of carboxylic acid groups (broad SMARTS) is 1. The molecule has 0 saturated heterocycles. The number of pyridine rings is 1. The zero-order chi connectivity index (χ0) is 11.8. The van der Waals surface area contributed by atoms with Gasteiger partial charge in [-0.05, 0) is 44.7 Å². The van der Waals surface area contributed by atoms with E-state index in [9.17, 15) is 9.90 Å². The van der Waals surface area contributed by atoms with E-state index in [1.54, 1.807) is 20.0 Å². The molecule has 0 aliphatic heterocycles. The summed E-state index contributed by atoms with van der Waals surface area (Å²) in [7, 11) is 0. The molecule has 1 aromatic heterocycles. The molecule has 86 valence electrons. The van der Waals surface area contributed by atoms with Crippen LogP contribution >= 0.6 is 0 Å². The lowest BCUT2D eigenvalue weighted by Gasteiger charge is -2.34. The van der Waals surface area contributed by atoms with Crippen molar-refractivity contribution in [3.05, 3.63) is 29.6 Å². The van der Waals surface area contributed by atoms with Crippen molar-refractivity contribution in [2.45, 2.75) is 39.0 Å². The Kier molecular flexibility index (Phi) is 2.70. The third-order valence-electron chi connectivity index (χ3n) is 3.62. The first-order chi connectivity index (χ1) is 7.53. The summed E-state index contributed by atoms with van der Waals surface area (Å²) in [5, 5.41) is 9.29. The molecule has 0 amide bonds. The van der Waals surface area contributed by atoms with E-state index in [-0.39, 0.29) is 5.92 Å². The van der Waals surface area contributed by atoms with Crippen molar-refractivity contribution in [1.82, 2.24) is 4.98 Å². The zero-order valence-electron chi connectivity index (χ0n) is 9.73. The van der Waals surface area contributed by atoms with Crippen molar-refractivity contribution < 1.29 is 9.90 Å². The van der Waals surface area contributed by atoms with Crippen LogP contribution in [0.1, 0.15) is 43.9 Å². The molecule has 1 heterocycles. The number of carboxylic acids is 1. The van der Waals surface area contributed by atoms with Gasteiger partial charge in [-0.2, -0.15) is 0 Å². The molecule has 1 atom stereocenters. The first-order valence-corrected chi connectivity index (χ1v) is 5.70. The molecule has 1 aliphatic rings. The van der Waals surface area contributed by atoms with Crippen LogP contribution in [-0.4, -0.2) is 16.1 Å². The summed E-state index contributed by atoms with van der Waals surface area (Å²) in [6.07, 6.45) is 4.76. The maximum absolute atomic E-state index is 11.3. The Bertz CT molecular complexity index is 412. The normalized spacial score (nSPS) is 20.2. The predicted octanol–water partition coefficient (Wildman–Crippen LogP) is 2.61. The fraction of sp³-hybridized carbons (Fsp3) is 0.538. The molecule has 3 nitrogen and oxygen atoms in total. The van der Waals surface area contributed by atoms with E-state index < -0.39 is 11.4 Å². The van der Waals surface area contributed by atoms with Gasteiger partial charge in [0, 0.05) is 17.8 Å². The summed E-state index contributed by atoms with van der Waals surface area (Å²) in [5.74, 6) is -0.703. The smallest absolute Gasteiger partial charge is 0.309 e. The van der Waals surface area contributed by atoms with E-state index in [2.05, 4.69) is 11.1 Å². The number of aromatic nitrogens is 1. The first-order valence-electron chi connectivity index (χ1n) is 5.70. The number of carbonyl (C=O) groups is 1. The molecule has 16 heavy (non-hydrogen) atoms. The molecule has 0 radical (unpaired) electrons. The fourth-order valence-electron chi connectivity index (χ4n) is 2.46. The molecule has 0 bridgehead atoms. The highest BCUT2D eigenvalue weighted by molar-refractivity contribution is 5.75. The van der Waals surface area contributed by atoms with Gasteiger partial charge in [-0.3, -0.25) is 9.78 Å². The zero-order valence-corrected chi connectivity index (χ0v) is 9.73. The molecule has 1 aliphatic carbocycles. The second kappa shape index (κ2) is 3.89. The van der Waals surface area contributed by atoms with Gasteiger partial charge in [0.05, 0.1) is 5.41 Å². The quantitative estimate of drug-likeness (QED) is 0.831. The lowest BCUT2D eigenvalue weighted by Crippen LogP contribution is -2.34. The number of aliphatic carboxylic acids is 1. The lowest BCUT2D eigenvalue weighted by molar-refractivity contribution is -0.148. The Labute approximate surface area is 95.5 Å². The molecule has 1 unspecified atom stereocenters. The molecule has 0 fully saturated rings. The molecule has 2 rings (SSSR count). The van der Waals surface area contributed by atoms with Gasteiger partial charge in [0.25, 0.3) is 0 Å². The Balaban J connectivity index is 2.42. The highest BCUT2D eigenvalue weighted by atomic mass is 16.4. The van der Waals surface area contributed by atoms with Crippen LogP contribution in [0.15, 0.2) is 18.3 Å². The van der Waals surface area contributed by atoms with Gasteiger partial charge in [-0.15, -0.1) is 0 Å². The molecule has 0 aromatic carbocycles. The van der Waals surface area contributed by atoms with Crippen LogP contribution in [0.4, 0.5) is 0 Å². The van der Waals surface area contributed by atoms with Crippen molar-refractivity contribution in [2.75, 3.05) is 0 Å². The second-order valence-electron chi connectivity index (χ2n) is 5.02. The molecular weight excluding hydrogens is 202 g/mol. The Morgan fingerprint density at radius 3 is 3.00 bits per heavy atom. The molecule has 3 heteroatoms. The average molecular weight is 219 g/mol. The Morgan fingerprint density at radius 2 is 2.31 bits per heavy atom. The van der Waals surface area contributed by atoms with Crippen molar-refractivity contribution in [2.24, 2.45) is 5.41 Å². The summed E-state index contributed by atoms with van der Waals surface area (Å²) >= 11 is 0. The van der Waals surface area contributed by atoms with Crippen molar-refractivity contribution in [3.8, 4) is 0 Å². The highest BCUT2D eigenvalue weighted by Gasteiger charge is 2.40. The number of aryl methyl sites for hydroxylation is 1. The van der Waals surface area contributed by atoms with Gasteiger partial charge in [-0.25, -0.2) is 0 Å². The maximum atomic E-state index is 11.3. The minimum absolute atomic E-state index is 0.0370. The van der Waals surface area contributed by atoms with Gasteiger partial charge in [0.1, 0.15) is 0 Å². The minimum Gasteiger partial charge on any atom is -0.481 e. The monoisotopic (exact) mass is 219 g/mol. The van der Waals surface area contributed by atoms with Crippen LogP contribution in [0.25, 0.3) is 0 Å². The third kappa shape index (κ3) is 1.70. The summed E-state index contributed by atoms with van der Waals surface area (Å²) in [6, 6.07) is 3.99. The molecule has 1 aromatic rings. The van der Waals surface area contributed by atoms with Gasteiger partial charge in [0.15, 0.2) is 0 Å². The summed E-state index contributed by atoms with van der Waals surface area (Å²) in [4.78, 5) is 15.7. The minimum atomic E-state index is -0.740. The number of hydrogen-bond acceptors (Lipinski definition) is 2. The van der Waals surface area contributed by atoms with Gasteiger partial charge in [-0.1, -0.05) is 6.07 Å². The SMILES string of the molecule is CC(C)(C(=O)O)C1CCCc2cccnc21. The van der Waals surface area contributed by atoms with E-state index in [4.69, 9.17) is 0 Å². The van der Waals surface area contributed by atoms with E-state index in [1.165, 1.54) is 5.56 Å². The van der Waals surface area contributed by atoms with Crippen LogP contribution in [-0.2, 0) is 11.2 Å². The Hall–Kier alpha value is -1.38. The van der Waals surface area contributed by atoms with E-state index in [0.717, 1.165) is 25.0 Å². The third-order valence-corrected chi connectivity index (χ3v) is 3.62. The summed E-state index contributed by atoms with van der Waals surface area (Å²) < 4.78 is 0. The van der Waals surface area contributed by atoms with E-state index >= 15 is 0 Å². The fourth-order valence-corrected chi connectivity index (χ4v) is 2.46. The number of nitrogens with zero attached hydrogens (tertiary/aromatic N) is 1. The largest absolute Gasteiger partial charge is 0.481 e. The Morgan fingerprint density at radius 1 is 1.56 bits per heavy atom. The summed E-state index contributed by atoms with van der Waals surface area (Å²) in [5.41, 5.74) is 1.47. The van der Waals surface area contributed by atoms with Gasteiger partial charge >= 0.3 is 5.97 Å². The van der Waals surface area contributed by atoms with Gasteiger partial charge in [0.2, 0.25) is 0 Å². The van der Waals surface area contributed by atoms with E-state index in [0.29, 0.717) is 0 Å². The number of fused-ring (bicyclic) bond motifs is 1.